The Balaban J connectivity index is 2.12. The Kier molecular flexibility index (Phi) is 3.63. The topological polar surface area (TPSA) is 37.0 Å². The monoisotopic (exact) mass is 259 g/mol. The highest BCUT2D eigenvalue weighted by Gasteiger charge is 2.31. The quantitative estimate of drug-likeness (QED) is 0.870. The fraction of sp³-hybridized carbons (Fsp3) is 0.583. The number of alkyl halides is 3. The molecule has 0 saturated heterocycles. The number of nitrogens with one attached hydrogen (secondary N) is 2. The van der Waals surface area contributed by atoms with E-state index in [1.54, 1.807) is 7.05 Å². The van der Waals surface area contributed by atoms with E-state index in [0.717, 1.165) is 25.0 Å². The Hall–Kier alpha value is -1.46. The lowest BCUT2D eigenvalue weighted by Gasteiger charge is -2.25. The molecule has 0 unspecified atom stereocenters. The molecule has 2 rings (SSSR count). The van der Waals surface area contributed by atoms with Crippen LogP contribution in [0.2, 0.25) is 0 Å². The molecule has 0 amide bonds. The van der Waals surface area contributed by atoms with Crippen LogP contribution in [0.25, 0.3) is 0 Å². The van der Waals surface area contributed by atoms with E-state index < -0.39 is 11.7 Å². The minimum absolute atomic E-state index is 0.223. The number of pyridine rings is 1. The van der Waals surface area contributed by atoms with Gasteiger partial charge in [0.2, 0.25) is 0 Å². The molecule has 0 spiro atoms. The van der Waals surface area contributed by atoms with Gasteiger partial charge in [0.05, 0.1) is 5.56 Å². The SMILES string of the molecule is CNc1cc(C(F)(F)F)cc(NCC2CCC2)n1. The number of nitrogens with zero attached hydrogens (tertiary/aromatic N) is 1. The van der Waals surface area contributed by atoms with E-state index in [4.69, 9.17) is 0 Å². The van der Waals surface area contributed by atoms with Crippen LogP contribution in [0.5, 0.6) is 0 Å². The van der Waals surface area contributed by atoms with Crippen LogP contribution >= 0.6 is 0 Å². The molecule has 0 atom stereocenters. The molecule has 0 bridgehead atoms. The van der Waals surface area contributed by atoms with E-state index in [1.807, 2.05) is 0 Å². The van der Waals surface area contributed by atoms with Gasteiger partial charge < -0.3 is 10.6 Å². The van der Waals surface area contributed by atoms with Crippen LogP contribution in [0.4, 0.5) is 24.8 Å². The normalized spacial score (nSPS) is 16.2. The molecule has 100 valence electrons. The van der Waals surface area contributed by atoms with Crippen LogP contribution in [0.3, 0.4) is 0 Å². The second-order valence-electron chi connectivity index (χ2n) is 4.55. The Bertz CT molecular complexity index is 414. The molecule has 1 aromatic rings. The predicted octanol–water partition coefficient (Wildman–Crippen LogP) is 3.35. The highest BCUT2D eigenvalue weighted by molar-refractivity contribution is 5.49. The lowest BCUT2D eigenvalue weighted by Crippen LogP contribution is -2.21. The minimum Gasteiger partial charge on any atom is -0.373 e. The summed E-state index contributed by atoms with van der Waals surface area (Å²) in [4.78, 5) is 4.07. The zero-order valence-corrected chi connectivity index (χ0v) is 10.1. The lowest BCUT2D eigenvalue weighted by atomic mass is 9.85. The molecule has 1 saturated carbocycles. The molecule has 3 nitrogen and oxygen atoms in total. The second-order valence-corrected chi connectivity index (χ2v) is 4.55. The highest BCUT2D eigenvalue weighted by atomic mass is 19.4. The van der Waals surface area contributed by atoms with Crippen molar-refractivity contribution in [3.8, 4) is 0 Å². The van der Waals surface area contributed by atoms with Crippen LogP contribution in [0.1, 0.15) is 24.8 Å². The van der Waals surface area contributed by atoms with Crippen LogP contribution in [-0.4, -0.2) is 18.6 Å². The van der Waals surface area contributed by atoms with Gasteiger partial charge in [-0.3, -0.25) is 0 Å². The summed E-state index contributed by atoms with van der Waals surface area (Å²) in [6.45, 7) is 0.692. The standard InChI is InChI=1S/C12H16F3N3/c1-16-10-5-9(12(13,14)15)6-11(18-10)17-7-8-3-2-4-8/h5-6,8H,2-4,7H2,1H3,(H2,16,17,18). The van der Waals surface area contributed by atoms with Crippen molar-refractivity contribution < 1.29 is 13.2 Å². The fourth-order valence-corrected chi connectivity index (χ4v) is 1.86. The lowest BCUT2D eigenvalue weighted by molar-refractivity contribution is -0.137. The third-order valence-electron chi connectivity index (χ3n) is 3.21. The maximum absolute atomic E-state index is 12.7. The summed E-state index contributed by atoms with van der Waals surface area (Å²) in [5, 5.41) is 5.63. The van der Waals surface area contributed by atoms with Crippen LogP contribution in [-0.2, 0) is 6.18 Å². The maximum Gasteiger partial charge on any atom is 0.416 e. The number of hydrogen-bond donors (Lipinski definition) is 2. The van der Waals surface area contributed by atoms with E-state index in [0.29, 0.717) is 12.5 Å². The molecule has 1 fully saturated rings. The number of anilines is 2. The summed E-state index contributed by atoms with van der Waals surface area (Å²) in [6.07, 6.45) is -0.846. The number of rotatable bonds is 4. The van der Waals surface area contributed by atoms with Crippen molar-refractivity contribution >= 4 is 11.6 Å². The number of halogens is 3. The van der Waals surface area contributed by atoms with Crippen molar-refractivity contribution in [3.63, 3.8) is 0 Å². The van der Waals surface area contributed by atoms with E-state index in [2.05, 4.69) is 15.6 Å². The molecule has 0 aromatic carbocycles. The van der Waals surface area contributed by atoms with Crippen molar-refractivity contribution in [2.45, 2.75) is 25.4 Å². The first-order chi connectivity index (χ1) is 8.49. The van der Waals surface area contributed by atoms with Gasteiger partial charge in [-0.15, -0.1) is 0 Å². The number of hydrogen-bond acceptors (Lipinski definition) is 3. The first-order valence-corrected chi connectivity index (χ1v) is 6.00. The maximum atomic E-state index is 12.7. The van der Waals surface area contributed by atoms with Crippen molar-refractivity contribution in [2.75, 3.05) is 24.2 Å². The zero-order valence-electron chi connectivity index (χ0n) is 10.1. The van der Waals surface area contributed by atoms with Gasteiger partial charge in [0.1, 0.15) is 11.6 Å². The molecular formula is C12H16F3N3. The van der Waals surface area contributed by atoms with Crippen molar-refractivity contribution in [2.24, 2.45) is 5.92 Å². The molecular weight excluding hydrogens is 243 g/mol. The first kappa shape index (κ1) is 13.0. The Labute approximate surface area is 104 Å². The van der Waals surface area contributed by atoms with Gasteiger partial charge in [-0.2, -0.15) is 13.2 Å². The average molecular weight is 259 g/mol. The van der Waals surface area contributed by atoms with E-state index in [1.165, 1.54) is 6.42 Å². The van der Waals surface area contributed by atoms with Gasteiger partial charge in [0.15, 0.2) is 0 Å². The second kappa shape index (κ2) is 5.04. The summed E-state index contributed by atoms with van der Waals surface area (Å²) in [5.74, 6) is 1.07. The fourth-order valence-electron chi connectivity index (χ4n) is 1.86. The number of aromatic nitrogens is 1. The van der Waals surface area contributed by atoms with Crippen molar-refractivity contribution in [3.05, 3.63) is 17.7 Å². The molecule has 0 radical (unpaired) electrons. The van der Waals surface area contributed by atoms with E-state index >= 15 is 0 Å². The molecule has 0 aliphatic heterocycles. The molecule has 2 N–H and O–H groups in total. The molecule has 1 heterocycles. The minimum atomic E-state index is -4.35. The average Bonchev–Trinajstić information content (AvgIpc) is 2.25. The Morgan fingerprint density at radius 3 is 2.44 bits per heavy atom. The smallest absolute Gasteiger partial charge is 0.373 e. The van der Waals surface area contributed by atoms with Crippen molar-refractivity contribution in [1.82, 2.24) is 4.98 Å². The molecule has 1 aromatic heterocycles. The summed E-state index contributed by atoms with van der Waals surface area (Å²) in [5.41, 5.74) is -0.682. The molecule has 1 aliphatic rings. The van der Waals surface area contributed by atoms with Gasteiger partial charge in [0.25, 0.3) is 0 Å². The van der Waals surface area contributed by atoms with E-state index in [9.17, 15) is 13.2 Å². The molecule has 1 aliphatic carbocycles. The summed E-state index contributed by atoms with van der Waals surface area (Å²) in [7, 11) is 1.55. The Morgan fingerprint density at radius 2 is 1.94 bits per heavy atom. The third kappa shape index (κ3) is 3.05. The van der Waals surface area contributed by atoms with Crippen LogP contribution in [0.15, 0.2) is 12.1 Å². The third-order valence-corrected chi connectivity index (χ3v) is 3.21. The zero-order chi connectivity index (χ0) is 13.2. The Morgan fingerprint density at radius 1 is 1.28 bits per heavy atom. The molecule has 6 heteroatoms. The summed E-state index contributed by atoms with van der Waals surface area (Å²) >= 11 is 0. The van der Waals surface area contributed by atoms with Gasteiger partial charge in [-0.05, 0) is 30.9 Å². The van der Waals surface area contributed by atoms with Gasteiger partial charge in [0, 0.05) is 13.6 Å². The first-order valence-electron chi connectivity index (χ1n) is 6.00. The van der Waals surface area contributed by atoms with Crippen LogP contribution < -0.4 is 10.6 Å². The van der Waals surface area contributed by atoms with Crippen molar-refractivity contribution in [1.29, 1.82) is 0 Å². The highest BCUT2D eigenvalue weighted by Crippen LogP contribution is 2.32. The molecule has 18 heavy (non-hydrogen) atoms. The summed E-state index contributed by atoms with van der Waals surface area (Å²) in [6, 6.07) is 2.06. The van der Waals surface area contributed by atoms with Crippen LogP contribution in [0, 0.1) is 5.92 Å². The predicted molar refractivity (Wildman–Crippen MR) is 64.6 cm³/mol. The largest absolute Gasteiger partial charge is 0.416 e. The summed E-state index contributed by atoms with van der Waals surface area (Å²) < 4.78 is 38.0. The van der Waals surface area contributed by atoms with E-state index in [-0.39, 0.29) is 11.6 Å². The van der Waals surface area contributed by atoms with Gasteiger partial charge in [-0.25, -0.2) is 4.98 Å². The van der Waals surface area contributed by atoms with Gasteiger partial charge in [-0.1, -0.05) is 6.42 Å². The van der Waals surface area contributed by atoms with Gasteiger partial charge >= 0.3 is 6.18 Å².